The average molecular weight is 204 g/mol. The van der Waals surface area contributed by atoms with E-state index in [1.165, 1.54) is 32.4 Å². The standard InChI is InChI=1S/C11H16N4/c1-3-13-10(14-4-1)15-9-6-11(7-9)2-5-12-8-11/h1,3-4,9,12H,2,5-8H2,(H,13,14,15). The van der Waals surface area contributed by atoms with Gasteiger partial charge >= 0.3 is 0 Å². The van der Waals surface area contributed by atoms with Gasteiger partial charge in [0.15, 0.2) is 0 Å². The minimum absolute atomic E-state index is 0.576. The molecule has 4 heteroatoms. The number of hydrogen-bond acceptors (Lipinski definition) is 4. The Labute approximate surface area is 89.5 Å². The Balaban J connectivity index is 1.56. The van der Waals surface area contributed by atoms with E-state index in [0.29, 0.717) is 11.5 Å². The van der Waals surface area contributed by atoms with Crippen molar-refractivity contribution in [1.82, 2.24) is 15.3 Å². The molecule has 4 nitrogen and oxygen atoms in total. The van der Waals surface area contributed by atoms with E-state index in [4.69, 9.17) is 0 Å². The molecule has 15 heavy (non-hydrogen) atoms. The molecule has 0 amide bonds. The maximum absolute atomic E-state index is 4.18. The lowest BCUT2D eigenvalue weighted by Gasteiger charge is -2.45. The Morgan fingerprint density at radius 2 is 2.13 bits per heavy atom. The predicted octanol–water partition coefficient (Wildman–Crippen LogP) is 1.03. The first-order chi connectivity index (χ1) is 7.36. The number of nitrogens with zero attached hydrogens (tertiary/aromatic N) is 2. The zero-order valence-corrected chi connectivity index (χ0v) is 8.74. The highest BCUT2D eigenvalue weighted by molar-refractivity contribution is 5.27. The summed E-state index contributed by atoms with van der Waals surface area (Å²) in [6.07, 6.45) is 7.42. The summed E-state index contributed by atoms with van der Waals surface area (Å²) in [5.74, 6) is 0.767. The van der Waals surface area contributed by atoms with Crippen LogP contribution < -0.4 is 10.6 Å². The molecule has 1 saturated heterocycles. The summed E-state index contributed by atoms with van der Waals surface area (Å²) in [6, 6.07) is 2.42. The van der Waals surface area contributed by atoms with Crippen molar-refractivity contribution in [2.24, 2.45) is 5.41 Å². The van der Waals surface area contributed by atoms with Gasteiger partial charge in [-0.15, -0.1) is 0 Å². The molecule has 1 aromatic rings. The van der Waals surface area contributed by atoms with Crippen molar-refractivity contribution in [2.45, 2.75) is 25.3 Å². The van der Waals surface area contributed by atoms with E-state index >= 15 is 0 Å². The molecule has 1 aliphatic carbocycles. The third-order valence-electron chi connectivity index (χ3n) is 3.59. The van der Waals surface area contributed by atoms with Crippen LogP contribution in [-0.2, 0) is 0 Å². The van der Waals surface area contributed by atoms with Crippen molar-refractivity contribution in [3.63, 3.8) is 0 Å². The highest BCUT2D eigenvalue weighted by atomic mass is 15.1. The SMILES string of the molecule is c1cnc(NC2CC3(CCNC3)C2)nc1. The van der Waals surface area contributed by atoms with Crippen LogP contribution in [0.2, 0.25) is 0 Å². The molecule has 1 aromatic heterocycles. The molecule has 3 rings (SSSR count). The third kappa shape index (κ3) is 1.69. The van der Waals surface area contributed by atoms with Gasteiger partial charge in [-0.1, -0.05) is 0 Å². The van der Waals surface area contributed by atoms with Gasteiger partial charge in [-0.2, -0.15) is 0 Å². The van der Waals surface area contributed by atoms with E-state index in [1.807, 2.05) is 6.07 Å². The summed E-state index contributed by atoms with van der Waals surface area (Å²) in [5.41, 5.74) is 0.590. The largest absolute Gasteiger partial charge is 0.351 e. The fraction of sp³-hybridized carbons (Fsp3) is 0.636. The van der Waals surface area contributed by atoms with Crippen LogP contribution in [0.4, 0.5) is 5.95 Å². The summed E-state index contributed by atoms with van der Waals surface area (Å²) in [4.78, 5) is 8.36. The minimum Gasteiger partial charge on any atom is -0.351 e. The normalized spacial score (nSPS) is 34.0. The molecule has 0 bridgehead atoms. The first kappa shape index (κ1) is 9.09. The lowest BCUT2D eigenvalue weighted by molar-refractivity contribution is 0.141. The van der Waals surface area contributed by atoms with E-state index in [2.05, 4.69) is 20.6 Å². The maximum atomic E-state index is 4.18. The molecule has 2 fully saturated rings. The van der Waals surface area contributed by atoms with Crippen LogP contribution in [0, 0.1) is 5.41 Å². The fourth-order valence-electron chi connectivity index (χ4n) is 2.79. The van der Waals surface area contributed by atoms with E-state index in [0.717, 1.165) is 5.95 Å². The van der Waals surface area contributed by atoms with Gasteiger partial charge in [0, 0.05) is 25.0 Å². The second-order valence-corrected chi connectivity index (χ2v) is 4.75. The van der Waals surface area contributed by atoms with Crippen LogP contribution in [0.15, 0.2) is 18.5 Å². The van der Waals surface area contributed by atoms with Gasteiger partial charge in [-0.05, 0) is 37.3 Å². The molecule has 2 heterocycles. The summed E-state index contributed by atoms with van der Waals surface area (Å²) in [7, 11) is 0. The van der Waals surface area contributed by atoms with Gasteiger partial charge in [-0.25, -0.2) is 9.97 Å². The van der Waals surface area contributed by atoms with Gasteiger partial charge in [0.1, 0.15) is 0 Å². The van der Waals surface area contributed by atoms with Crippen LogP contribution in [-0.4, -0.2) is 29.1 Å². The topological polar surface area (TPSA) is 49.8 Å². The summed E-state index contributed by atoms with van der Waals surface area (Å²) < 4.78 is 0. The first-order valence-corrected chi connectivity index (χ1v) is 5.61. The predicted molar refractivity (Wildman–Crippen MR) is 58.6 cm³/mol. The number of hydrogen-bond donors (Lipinski definition) is 2. The molecular formula is C11H16N4. The minimum atomic E-state index is 0.576. The molecule has 1 spiro atoms. The van der Waals surface area contributed by atoms with Crippen molar-refractivity contribution < 1.29 is 0 Å². The maximum Gasteiger partial charge on any atom is 0.222 e. The Morgan fingerprint density at radius 1 is 1.33 bits per heavy atom. The van der Waals surface area contributed by atoms with Gasteiger partial charge in [0.25, 0.3) is 0 Å². The summed E-state index contributed by atoms with van der Waals surface area (Å²) in [5, 5.41) is 6.82. The zero-order valence-electron chi connectivity index (χ0n) is 8.74. The molecule has 80 valence electrons. The molecule has 0 unspecified atom stereocenters. The Bertz CT molecular complexity index is 324. The second-order valence-electron chi connectivity index (χ2n) is 4.75. The van der Waals surface area contributed by atoms with Crippen molar-refractivity contribution in [3.05, 3.63) is 18.5 Å². The molecule has 0 radical (unpaired) electrons. The Morgan fingerprint density at radius 3 is 2.80 bits per heavy atom. The molecule has 2 N–H and O–H groups in total. The average Bonchev–Trinajstić information content (AvgIpc) is 2.68. The second kappa shape index (κ2) is 3.45. The Hall–Kier alpha value is -1.16. The number of aromatic nitrogens is 2. The lowest BCUT2D eigenvalue weighted by atomic mass is 9.65. The highest BCUT2D eigenvalue weighted by Gasteiger charge is 2.45. The number of rotatable bonds is 2. The quantitative estimate of drug-likeness (QED) is 0.755. The Kier molecular flexibility index (Phi) is 2.09. The van der Waals surface area contributed by atoms with Crippen molar-refractivity contribution >= 4 is 5.95 Å². The summed E-state index contributed by atoms with van der Waals surface area (Å²) >= 11 is 0. The molecular weight excluding hydrogens is 188 g/mol. The van der Waals surface area contributed by atoms with Gasteiger partial charge in [0.05, 0.1) is 0 Å². The van der Waals surface area contributed by atoms with Gasteiger partial charge in [-0.3, -0.25) is 0 Å². The van der Waals surface area contributed by atoms with Crippen LogP contribution in [0.25, 0.3) is 0 Å². The van der Waals surface area contributed by atoms with Crippen LogP contribution in [0.3, 0.4) is 0 Å². The van der Waals surface area contributed by atoms with Crippen LogP contribution in [0.1, 0.15) is 19.3 Å². The number of nitrogens with one attached hydrogen (secondary N) is 2. The highest BCUT2D eigenvalue weighted by Crippen LogP contribution is 2.46. The number of anilines is 1. The third-order valence-corrected chi connectivity index (χ3v) is 3.59. The van der Waals surface area contributed by atoms with E-state index in [9.17, 15) is 0 Å². The van der Waals surface area contributed by atoms with Crippen molar-refractivity contribution in [3.8, 4) is 0 Å². The monoisotopic (exact) mass is 204 g/mol. The van der Waals surface area contributed by atoms with Crippen LogP contribution >= 0.6 is 0 Å². The lowest BCUT2D eigenvalue weighted by Crippen LogP contribution is -2.46. The van der Waals surface area contributed by atoms with E-state index < -0.39 is 0 Å². The van der Waals surface area contributed by atoms with Crippen LogP contribution in [0.5, 0.6) is 0 Å². The zero-order chi connectivity index (χ0) is 10.1. The molecule has 0 atom stereocenters. The molecule has 2 aliphatic rings. The van der Waals surface area contributed by atoms with E-state index in [-0.39, 0.29) is 0 Å². The van der Waals surface area contributed by atoms with Gasteiger partial charge < -0.3 is 10.6 Å². The molecule has 0 aromatic carbocycles. The first-order valence-electron chi connectivity index (χ1n) is 5.61. The van der Waals surface area contributed by atoms with E-state index in [1.54, 1.807) is 12.4 Å². The summed E-state index contributed by atoms with van der Waals surface area (Å²) in [6.45, 7) is 2.38. The molecule has 1 aliphatic heterocycles. The van der Waals surface area contributed by atoms with Gasteiger partial charge in [0.2, 0.25) is 5.95 Å². The van der Waals surface area contributed by atoms with Crippen molar-refractivity contribution in [1.29, 1.82) is 0 Å². The van der Waals surface area contributed by atoms with Crippen molar-refractivity contribution in [2.75, 3.05) is 18.4 Å². The smallest absolute Gasteiger partial charge is 0.222 e. The fourth-order valence-corrected chi connectivity index (χ4v) is 2.79. The molecule has 1 saturated carbocycles.